The number of hydrogen-bond donors (Lipinski definition) is 0. The maximum atomic E-state index is 13.9. The van der Waals surface area contributed by atoms with Gasteiger partial charge in [-0.1, -0.05) is 23.5 Å². The highest BCUT2D eigenvalue weighted by Crippen LogP contribution is 2.35. The highest BCUT2D eigenvalue weighted by molar-refractivity contribution is 7.89. The van der Waals surface area contributed by atoms with Gasteiger partial charge >= 0.3 is 0 Å². The largest absolute Gasteiger partial charge is 0.497 e. The van der Waals surface area contributed by atoms with Crippen LogP contribution in [0.4, 0.5) is 5.13 Å². The number of anilines is 1. The monoisotopic (exact) mass is 550 g/mol. The fraction of sp³-hybridized carbons (Fsp3) is 0.321. The quantitative estimate of drug-likeness (QED) is 0.323. The molecule has 2 aromatic carbocycles. The van der Waals surface area contributed by atoms with Gasteiger partial charge in [-0.2, -0.15) is 4.31 Å². The standard InChI is InChI=1S/C28H30N4O4S2/c1-19-15-20(2)26-25(16-19)37-28(30-26)32(18-21-5-4-12-29-17-21)27(33)22-10-13-31(14-11-22)38(34,35)24-8-6-23(36-3)7-9-24/h4-9,12,15-17,22H,10-11,13-14,18H2,1-3H3. The fourth-order valence-electron chi connectivity index (χ4n) is 4.85. The van der Waals surface area contributed by atoms with E-state index in [2.05, 4.69) is 24.0 Å². The summed E-state index contributed by atoms with van der Waals surface area (Å²) in [5.74, 6) is 0.259. The molecule has 1 saturated heterocycles. The molecule has 3 heterocycles. The van der Waals surface area contributed by atoms with E-state index in [1.165, 1.54) is 15.6 Å². The van der Waals surface area contributed by atoms with Crippen molar-refractivity contribution in [3.63, 3.8) is 0 Å². The van der Waals surface area contributed by atoms with E-state index in [-0.39, 0.29) is 29.8 Å². The van der Waals surface area contributed by atoms with E-state index in [1.807, 2.05) is 19.1 Å². The van der Waals surface area contributed by atoms with Crippen molar-refractivity contribution in [2.24, 2.45) is 5.92 Å². The number of benzene rings is 2. The summed E-state index contributed by atoms with van der Waals surface area (Å²) in [6.45, 7) is 5.01. The Balaban J connectivity index is 1.37. The second-order valence-corrected chi connectivity index (χ2v) is 12.5. The number of aromatic nitrogens is 2. The number of nitrogens with zero attached hydrogens (tertiary/aromatic N) is 4. The number of thiazole rings is 1. The van der Waals surface area contributed by atoms with Crippen LogP contribution in [0.5, 0.6) is 5.75 Å². The second kappa shape index (κ2) is 10.8. The molecule has 0 radical (unpaired) electrons. The number of amides is 1. The summed E-state index contributed by atoms with van der Waals surface area (Å²) >= 11 is 1.51. The Morgan fingerprint density at radius 1 is 1.13 bits per heavy atom. The van der Waals surface area contributed by atoms with Crippen molar-refractivity contribution in [1.82, 2.24) is 14.3 Å². The summed E-state index contributed by atoms with van der Waals surface area (Å²) in [6.07, 6.45) is 4.35. The molecule has 0 atom stereocenters. The molecule has 198 valence electrons. The van der Waals surface area contributed by atoms with Crippen LogP contribution in [0.2, 0.25) is 0 Å². The molecule has 0 aliphatic carbocycles. The van der Waals surface area contributed by atoms with Crippen LogP contribution in [-0.2, 0) is 21.4 Å². The van der Waals surface area contributed by atoms with Crippen molar-refractivity contribution in [2.45, 2.75) is 38.1 Å². The SMILES string of the molecule is COc1ccc(S(=O)(=O)N2CCC(C(=O)N(Cc3cccnc3)c3nc4c(C)cc(C)cc4s3)CC2)cc1. The normalized spacial score (nSPS) is 15.0. The summed E-state index contributed by atoms with van der Waals surface area (Å²) in [5, 5.41) is 0.649. The van der Waals surface area contributed by atoms with Gasteiger partial charge < -0.3 is 4.74 Å². The lowest BCUT2D eigenvalue weighted by Crippen LogP contribution is -2.44. The minimum atomic E-state index is -3.65. The molecule has 2 aromatic heterocycles. The molecular formula is C28H30N4O4S2. The number of methoxy groups -OCH3 is 1. The van der Waals surface area contributed by atoms with Gasteiger partial charge in [0.05, 0.1) is 28.8 Å². The van der Waals surface area contributed by atoms with E-state index in [4.69, 9.17) is 9.72 Å². The third kappa shape index (κ3) is 5.29. The average Bonchev–Trinajstić information content (AvgIpc) is 3.36. The van der Waals surface area contributed by atoms with Crippen LogP contribution in [0.25, 0.3) is 10.2 Å². The van der Waals surface area contributed by atoms with Gasteiger partial charge in [0.15, 0.2) is 5.13 Å². The van der Waals surface area contributed by atoms with Crippen molar-refractivity contribution in [3.05, 3.63) is 77.6 Å². The number of ether oxygens (including phenoxy) is 1. The Morgan fingerprint density at radius 3 is 2.53 bits per heavy atom. The summed E-state index contributed by atoms with van der Waals surface area (Å²) in [4.78, 5) is 25.0. The highest BCUT2D eigenvalue weighted by atomic mass is 32.2. The third-order valence-corrected chi connectivity index (χ3v) is 9.82. The van der Waals surface area contributed by atoms with Gasteiger partial charge in [0, 0.05) is 31.4 Å². The summed E-state index contributed by atoms with van der Waals surface area (Å²) in [6, 6.07) is 14.4. The van der Waals surface area contributed by atoms with E-state index < -0.39 is 10.0 Å². The number of rotatable bonds is 7. The summed E-state index contributed by atoms with van der Waals surface area (Å²) in [5.41, 5.74) is 4.04. The average molecular weight is 551 g/mol. The van der Waals surface area contributed by atoms with E-state index in [1.54, 1.807) is 48.7 Å². The lowest BCUT2D eigenvalue weighted by molar-refractivity contribution is -0.123. The first-order valence-corrected chi connectivity index (χ1v) is 14.7. The predicted molar refractivity (Wildman–Crippen MR) is 149 cm³/mol. The van der Waals surface area contributed by atoms with Crippen molar-refractivity contribution in [3.8, 4) is 5.75 Å². The number of aryl methyl sites for hydroxylation is 2. The first kappa shape index (κ1) is 26.3. The number of pyridine rings is 1. The zero-order chi connectivity index (χ0) is 26.9. The lowest BCUT2D eigenvalue weighted by atomic mass is 9.96. The minimum absolute atomic E-state index is 0.0382. The van der Waals surface area contributed by atoms with E-state index in [0.717, 1.165) is 26.9 Å². The minimum Gasteiger partial charge on any atom is -0.497 e. The van der Waals surface area contributed by atoms with Gasteiger partial charge in [-0.25, -0.2) is 13.4 Å². The van der Waals surface area contributed by atoms with E-state index >= 15 is 0 Å². The topological polar surface area (TPSA) is 92.7 Å². The van der Waals surface area contributed by atoms with Crippen LogP contribution >= 0.6 is 11.3 Å². The van der Waals surface area contributed by atoms with Crippen LogP contribution < -0.4 is 9.64 Å². The van der Waals surface area contributed by atoms with Gasteiger partial charge in [-0.15, -0.1) is 0 Å². The maximum absolute atomic E-state index is 13.9. The Labute approximate surface area is 227 Å². The molecule has 0 spiro atoms. The molecule has 10 heteroatoms. The Hall–Kier alpha value is -3.34. The first-order chi connectivity index (χ1) is 18.3. The second-order valence-electron chi connectivity index (χ2n) is 9.56. The number of carbonyl (C=O) groups excluding carboxylic acids is 1. The van der Waals surface area contributed by atoms with Gasteiger partial charge in [-0.3, -0.25) is 14.7 Å². The van der Waals surface area contributed by atoms with Crippen molar-refractivity contribution < 1.29 is 17.9 Å². The molecule has 4 aromatic rings. The number of carbonyl (C=O) groups is 1. The summed E-state index contributed by atoms with van der Waals surface area (Å²) < 4.78 is 34.0. The van der Waals surface area contributed by atoms with Gasteiger partial charge in [-0.05, 0) is 79.8 Å². The Morgan fingerprint density at radius 2 is 1.87 bits per heavy atom. The highest BCUT2D eigenvalue weighted by Gasteiger charge is 2.35. The Bertz CT molecular complexity index is 1550. The molecule has 1 fully saturated rings. The molecule has 0 bridgehead atoms. The first-order valence-electron chi connectivity index (χ1n) is 12.5. The van der Waals surface area contributed by atoms with Gasteiger partial charge in [0.1, 0.15) is 5.75 Å². The molecule has 0 unspecified atom stereocenters. The van der Waals surface area contributed by atoms with Gasteiger partial charge in [0.2, 0.25) is 15.9 Å². The predicted octanol–water partition coefficient (Wildman–Crippen LogP) is 4.95. The molecule has 1 aliphatic rings. The fourth-order valence-corrected chi connectivity index (χ4v) is 7.46. The molecular weight excluding hydrogens is 520 g/mol. The van der Waals surface area contributed by atoms with Crippen LogP contribution in [0.15, 0.2) is 65.8 Å². The van der Waals surface area contributed by atoms with Crippen molar-refractivity contribution in [2.75, 3.05) is 25.1 Å². The van der Waals surface area contributed by atoms with Crippen molar-refractivity contribution in [1.29, 1.82) is 0 Å². The molecule has 5 rings (SSSR count). The molecule has 8 nitrogen and oxygen atoms in total. The molecule has 0 saturated carbocycles. The van der Waals surface area contributed by atoms with Crippen LogP contribution in [-0.4, -0.2) is 48.8 Å². The van der Waals surface area contributed by atoms with E-state index in [9.17, 15) is 13.2 Å². The van der Waals surface area contributed by atoms with E-state index in [0.29, 0.717) is 30.3 Å². The molecule has 0 N–H and O–H groups in total. The third-order valence-electron chi connectivity index (χ3n) is 6.88. The Kier molecular flexibility index (Phi) is 7.47. The molecule has 1 aliphatic heterocycles. The number of piperidine rings is 1. The zero-order valence-corrected chi connectivity index (χ0v) is 23.3. The maximum Gasteiger partial charge on any atom is 0.243 e. The lowest BCUT2D eigenvalue weighted by Gasteiger charge is -2.33. The number of sulfonamides is 1. The number of hydrogen-bond acceptors (Lipinski definition) is 7. The molecule has 1 amide bonds. The van der Waals surface area contributed by atoms with Crippen LogP contribution in [0, 0.1) is 19.8 Å². The van der Waals surface area contributed by atoms with Crippen LogP contribution in [0.3, 0.4) is 0 Å². The van der Waals surface area contributed by atoms with Crippen LogP contribution in [0.1, 0.15) is 29.5 Å². The van der Waals surface area contributed by atoms with Gasteiger partial charge in [0.25, 0.3) is 0 Å². The number of fused-ring (bicyclic) bond motifs is 1. The smallest absolute Gasteiger partial charge is 0.243 e. The van der Waals surface area contributed by atoms with Crippen molar-refractivity contribution >= 4 is 42.6 Å². The molecule has 38 heavy (non-hydrogen) atoms. The summed E-state index contributed by atoms with van der Waals surface area (Å²) in [7, 11) is -2.11. The zero-order valence-electron chi connectivity index (χ0n) is 21.6.